The number of allylic oxidation sites excluding steroid dienone is 1. The molecule has 1 nitrogen and oxygen atoms in total. The van der Waals surface area contributed by atoms with Crippen LogP contribution in [-0.2, 0) is 5.41 Å². The summed E-state index contributed by atoms with van der Waals surface area (Å²) >= 11 is 0. The molecule has 0 radical (unpaired) electrons. The predicted octanol–water partition coefficient (Wildman–Crippen LogP) is 2.97. The van der Waals surface area contributed by atoms with Gasteiger partial charge in [-0.1, -0.05) is 49.8 Å². The van der Waals surface area contributed by atoms with Gasteiger partial charge in [0.1, 0.15) is 0 Å². The van der Waals surface area contributed by atoms with Crippen molar-refractivity contribution >= 4 is 6.08 Å². The van der Waals surface area contributed by atoms with Gasteiger partial charge in [0.15, 0.2) is 0 Å². The van der Waals surface area contributed by atoms with Crippen molar-refractivity contribution in [2.24, 2.45) is 5.92 Å². The summed E-state index contributed by atoms with van der Waals surface area (Å²) < 4.78 is 0. The van der Waals surface area contributed by atoms with E-state index in [0.29, 0.717) is 5.41 Å². The first kappa shape index (κ1) is 10.1. The molecule has 1 spiro atoms. The van der Waals surface area contributed by atoms with E-state index in [1.54, 1.807) is 5.56 Å². The Labute approximate surface area is 97.6 Å². The minimum absolute atomic E-state index is 0.330. The van der Waals surface area contributed by atoms with E-state index in [1.165, 1.54) is 18.4 Å². The van der Waals surface area contributed by atoms with Crippen LogP contribution in [-0.4, -0.2) is 13.1 Å². The summed E-state index contributed by atoms with van der Waals surface area (Å²) in [7, 11) is 0. The Kier molecular flexibility index (Phi) is 2.36. The summed E-state index contributed by atoms with van der Waals surface area (Å²) in [5.41, 5.74) is 3.32. The summed E-state index contributed by atoms with van der Waals surface area (Å²) in [6.45, 7) is 4.62. The van der Waals surface area contributed by atoms with Gasteiger partial charge in [0.05, 0.1) is 0 Å². The van der Waals surface area contributed by atoms with E-state index in [9.17, 15) is 0 Å². The van der Waals surface area contributed by atoms with Crippen LogP contribution in [0.5, 0.6) is 0 Å². The van der Waals surface area contributed by atoms with Crippen molar-refractivity contribution < 1.29 is 0 Å². The monoisotopic (exact) mass is 213 g/mol. The third kappa shape index (κ3) is 1.28. The SMILES string of the molecule is CCC1CNCCC12C=Cc1ccccc12. The molecule has 16 heavy (non-hydrogen) atoms. The van der Waals surface area contributed by atoms with Crippen LogP contribution in [0.4, 0.5) is 0 Å². The van der Waals surface area contributed by atoms with Crippen molar-refractivity contribution in [1.82, 2.24) is 5.32 Å². The Morgan fingerprint density at radius 3 is 3.12 bits per heavy atom. The number of rotatable bonds is 1. The van der Waals surface area contributed by atoms with Crippen molar-refractivity contribution in [3.05, 3.63) is 41.5 Å². The largest absolute Gasteiger partial charge is 0.316 e. The van der Waals surface area contributed by atoms with Crippen molar-refractivity contribution in [3.63, 3.8) is 0 Å². The molecule has 0 bridgehead atoms. The topological polar surface area (TPSA) is 12.0 Å². The highest BCUT2D eigenvalue weighted by Gasteiger charge is 2.42. The molecule has 0 aromatic heterocycles. The number of hydrogen-bond acceptors (Lipinski definition) is 1. The summed E-state index contributed by atoms with van der Waals surface area (Å²) in [4.78, 5) is 0. The van der Waals surface area contributed by atoms with Gasteiger partial charge in [-0.2, -0.15) is 0 Å². The third-order valence-electron chi connectivity index (χ3n) is 4.35. The van der Waals surface area contributed by atoms with Gasteiger partial charge in [0, 0.05) is 5.41 Å². The van der Waals surface area contributed by atoms with E-state index in [1.807, 2.05) is 0 Å². The first-order valence-electron chi connectivity index (χ1n) is 6.36. The Balaban J connectivity index is 2.08. The number of piperidine rings is 1. The maximum absolute atomic E-state index is 3.53. The second kappa shape index (κ2) is 3.74. The van der Waals surface area contributed by atoms with E-state index < -0.39 is 0 Å². The van der Waals surface area contributed by atoms with Crippen LogP contribution >= 0.6 is 0 Å². The minimum atomic E-state index is 0.330. The van der Waals surface area contributed by atoms with Gasteiger partial charge in [-0.15, -0.1) is 0 Å². The van der Waals surface area contributed by atoms with Gasteiger partial charge in [0.2, 0.25) is 0 Å². The van der Waals surface area contributed by atoms with Crippen molar-refractivity contribution in [2.45, 2.75) is 25.2 Å². The van der Waals surface area contributed by atoms with Crippen LogP contribution < -0.4 is 5.32 Å². The molecule has 1 heteroatoms. The molecule has 3 rings (SSSR count). The highest BCUT2D eigenvalue weighted by molar-refractivity contribution is 5.65. The van der Waals surface area contributed by atoms with Gasteiger partial charge in [-0.25, -0.2) is 0 Å². The molecule has 1 fully saturated rings. The zero-order valence-corrected chi connectivity index (χ0v) is 9.87. The predicted molar refractivity (Wildman–Crippen MR) is 68.4 cm³/mol. The molecule has 2 atom stereocenters. The summed E-state index contributed by atoms with van der Waals surface area (Å²) in [6, 6.07) is 8.89. The molecule has 1 saturated heterocycles. The molecule has 1 N–H and O–H groups in total. The lowest BCUT2D eigenvalue weighted by Gasteiger charge is -2.41. The number of fused-ring (bicyclic) bond motifs is 2. The summed E-state index contributed by atoms with van der Waals surface area (Å²) in [6.07, 6.45) is 7.29. The van der Waals surface area contributed by atoms with E-state index in [4.69, 9.17) is 0 Å². The lowest BCUT2D eigenvalue weighted by atomic mass is 9.67. The van der Waals surface area contributed by atoms with Gasteiger partial charge in [-0.05, 0) is 36.6 Å². The van der Waals surface area contributed by atoms with Gasteiger partial charge < -0.3 is 5.32 Å². The van der Waals surface area contributed by atoms with Crippen LogP contribution in [0.1, 0.15) is 30.9 Å². The van der Waals surface area contributed by atoms with Crippen LogP contribution in [0.25, 0.3) is 6.08 Å². The average Bonchev–Trinajstić information content (AvgIpc) is 2.71. The van der Waals surface area contributed by atoms with Crippen LogP contribution in [0.15, 0.2) is 30.3 Å². The smallest absolute Gasteiger partial charge is 0.0193 e. The second-order valence-corrected chi connectivity index (χ2v) is 5.02. The standard InChI is InChI=1S/C15H19N/c1-2-13-11-16-10-9-15(13)8-7-12-5-3-4-6-14(12)15/h3-8,13,16H,2,9-11H2,1H3. The quantitative estimate of drug-likeness (QED) is 0.756. The molecule has 1 aliphatic carbocycles. The molecule has 1 aromatic rings. The fourth-order valence-electron chi connectivity index (χ4n) is 3.43. The van der Waals surface area contributed by atoms with Crippen LogP contribution in [0, 0.1) is 5.92 Å². The van der Waals surface area contributed by atoms with Crippen molar-refractivity contribution in [2.75, 3.05) is 13.1 Å². The van der Waals surface area contributed by atoms with Gasteiger partial charge in [-0.3, -0.25) is 0 Å². The first-order chi connectivity index (χ1) is 7.87. The molecule has 1 aromatic carbocycles. The van der Waals surface area contributed by atoms with Crippen LogP contribution in [0.2, 0.25) is 0 Å². The number of hydrogen-bond donors (Lipinski definition) is 1. The second-order valence-electron chi connectivity index (χ2n) is 5.02. The Hall–Kier alpha value is -1.08. The normalized spacial score (nSPS) is 31.9. The van der Waals surface area contributed by atoms with Crippen molar-refractivity contribution in [1.29, 1.82) is 0 Å². The molecule has 0 amide bonds. The van der Waals surface area contributed by atoms with Crippen LogP contribution in [0.3, 0.4) is 0 Å². The Bertz CT molecular complexity index is 421. The van der Waals surface area contributed by atoms with E-state index >= 15 is 0 Å². The molecule has 84 valence electrons. The molecule has 2 aliphatic rings. The molecule has 0 saturated carbocycles. The maximum atomic E-state index is 3.53. The zero-order chi connectivity index (χ0) is 11.0. The lowest BCUT2D eigenvalue weighted by Crippen LogP contribution is -2.46. The Morgan fingerprint density at radius 2 is 2.25 bits per heavy atom. The fraction of sp³-hybridized carbons (Fsp3) is 0.467. The van der Waals surface area contributed by atoms with E-state index in [2.05, 4.69) is 48.7 Å². The van der Waals surface area contributed by atoms with Gasteiger partial charge in [0.25, 0.3) is 0 Å². The zero-order valence-electron chi connectivity index (χ0n) is 9.87. The number of nitrogens with one attached hydrogen (secondary N) is 1. The molecule has 1 heterocycles. The van der Waals surface area contributed by atoms with Crippen molar-refractivity contribution in [3.8, 4) is 0 Å². The molecular formula is C15H19N. The molecular weight excluding hydrogens is 194 g/mol. The van der Waals surface area contributed by atoms with E-state index in [-0.39, 0.29) is 0 Å². The summed E-state index contributed by atoms with van der Waals surface area (Å²) in [5.74, 6) is 0.751. The van der Waals surface area contributed by atoms with Gasteiger partial charge >= 0.3 is 0 Å². The highest BCUT2D eigenvalue weighted by Crippen LogP contribution is 2.46. The van der Waals surface area contributed by atoms with E-state index in [0.717, 1.165) is 19.0 Å². The third-order valence-corrected chi connectivity index (χ3v) is 4.35. The average molecular weight is 213 g/mol. The molecule has 1 aliphatic heterocycles. The molecule has 2 unspecified atom stereocenters. The Morgan fingerprint density at radius 1 is 1.38 bits per heavy atom. The fourth-order valence-corrected chi connectivity index (χ4v) is 3.43. The lowest BCUT2D eigenvalue weighted by molar-refractivity contribution is 0.248. The maximum Gasteiger partial charge on any atom is 0.0193 e. The summed E-state index contributed by atoms with van der Waals surface area (Å²) in [5, 5.41) is 3.53. The highest BCUT2D eigenvalue weighted by atomic mass is 14.9. The minimum Gasteiger partial charge on any atom is -0.316 e. The number of benzene rings is 1. The first-order valence-corrected chi connectivity index (χ1v) is 6.36.